The van der Waals surface area contributed by atoms with Gasteiger partial charge in [-0.15, -0.1) is 0 Å². The second-order valence-electron chi connectivity index (χ2n) is 12.2. The van der Waals surface area contributed by atoms with Crippen LogP contribution in [0.4, 0.5) is 0 Å². The van der Waals surface area contributed by atoms with E-state index in [2.05, 4.69) is 29.5 Å². The summed E-state index contributed by atoms with van der Waals surface area (Å²) >= 11 is 0. The van der Waals surface area contributed by atoms with Gasteiger partial charge in [-0.2, -0.15) is 0 Å². The van der Waals surface area contributed by atoms with Crippen LogP contribution < -0.4 is 0 Å². The van der Waals surface area contributed by atoms with E-state index in [1.54, 1.807) is 0 Å². The van der Waals surface area contributed by atoms with Crippen LogP contribution in [0.25, 0.3) is 0 Å². The van der Waals surface area contributed by atoms with Gasteiger partial charge in [0.15, 0.2) is 0 Å². The van der Waals surface area contributed by atoms with Crippen LogP contribution in [0.15, 0.2) is 22.1 Å². The molecule has 0 saturated heterocycles. The van der Waals surface area contributed by atoms with Crippen LogP contribution in [-0.2, 0) is 0 Å². The fourth-order valence-corrected chi connectivity index (χ4v) is 9.44. The van der Waals surface area contributed by atoms with Crippen molar-refractivity contribution in [2.45, 2.75) is 88.1 Å². The minimum absolute atomic E-state index is 0.271. The van der Waals surface area contributed by atoms with E-state index in [0.29, 0.717) is 0 Å². The summed E-state index contributed by atoms with van der Waals surface area (Å²) < 4.78 is 0. The number of aromatic nitrogens is 1. The summed E-state index contributed by atoms with van der Waals surface area (Å²) in [6.07, 6.45) is 21.3. The highest BCUT2D eigenvalue weighted by Crippen LogP contribution is 2.58. The Balaban J connectivity index is 1.07. The Morgan fingerprint density at radius 1 is 0.586 bits per heavy atom. The number of aliphatic imine (C=N–C) groups is 2. The van der Waals surface area contributed by atoms with Gasteiger partial charge in [0.25, 0.3) is 0 Å². The molecule has 154 valence electrons. The van der Waals surface area contributed by atoms with Crippen LogP contribution in [0.1, 0.15) is 88.4 Å². The molecule has 0 radical (unpaired) electrons. The van der Waals surface area contributed by atoms with E-state index in [-0.39, 0.29) is 11.1 Å². The Morgan fingerprint density at radius 3 is 1.21 bits per heavy atom. The van der Waals surface area contributed by atoms with E-state index in [9.17, 15) is 0 Å². The lowest BCUT2D eigenvalue weighted by Crippen LogP contribution is -2.49. The highest BCUT2D eigenvalue weighted by molar-refractivity contribution is 5.83. The monoisotopic (exact) mass is 389 g/mol. The molecule has 0 aromatic carbocycles. The molecule has 8 saturated carbocycles. The third kappa shape index (κ3) is 2.98. The molecule has 8 bridgehead atoms. The first kappa shape index (κ1) is 17.3. The van der Waals surface area contributed by atoms with Gasteiger partial charge in [0, 0.05) is 12.4 Å². The lowest BCUT2D eigenvalue weighted by Gasteiger charge is -2.54. The standard InChI is InChI=1S/C26H35N3/c1-2-24(16-28-26-12-20-6-21(13-26)8-22(7-20)14-26)29-23(1)15-27-25-9-17-3-18(10-25)5-19(4-17)11-25/h1-2,15-22,29H,3-14H2. The molecule has 1 N–H and O–H groups in total. The van der Waals surface area contributed by atoms with Gasteiger partial charge in [-0.3, -0.25) is 9.98 Å². The maximum Gasteiger partial charge on any atom is 0.0617 e. The van der Waals surface area contributed by atoms with Gasteiger partial charge in [-0.25, -0.2) is 0 Å². The third-order valence-corrected chi connectivity index (χ3v) is 9.70. The fraction of sp³-hybridized carbons (Fsp3) is 0.769. The molecule has 1 heterocycles. The van der Waals surface area contributed by atoms with E-state index in [0.717, 1.165) is 46.9 Å². The van der Waals surface area contributed by atoms with Crippen molar-refractivity contribution >= 4 is 12.4 Å². The second-order valence-corrected chi connectivity index (χ2v) is 12.2. The molecule has 3 heteroatoms. The van der Waals surface area contributed by atoms with Crippen LogP contribution >= 0.6 is 0 Å². The van der Waals surface area contributed by atoms with Crippen LogP contribution in [0.3, 0.4) is 0 Å². The molecule has 3 nitrogen and oxygen atoms in total. The zero-order valence-electron chi connectivity index (χ0n) is 17.7. The molecule has 1 aromatic rings. The molecule has 8 fully saturated rings. The van der Waals surface area contributed by atoms with Crippen LogP contribution in [0.5, 0.6) is 0 Å². The number of nitrogens with zero attached hydrogens (tertiary/aromatic N) is 2. The number of hydrogen-bond donors (Lipinski definition) is 1. The van der Waals surface area contributed by atoms with Crippen molar-refractivity contribution < 1.29 is 0 Å². The number of nitrogens with one attached hydrogen (secondary N) is 1. The highest BCUT2D eigenvalue weighted by Gasteiger charge is 2.51. The van der Waals surface area contributed by atoms with Crippen molar-refractivity contribution in [3.63, 3.8) is 0 Å². The minimum atomic E-state index is 0.271. The lowest BCUT2D eigenvalue weighted by molar-refractivity contribution is 0.00178. The maximum absolute atomic E-state index is 5.21. The van der Waals surface area contributed by atoms with Crippen LogP contribution in [0, 0.1) is 35.5 Å². The quantitative estimate of drug-likeness (QED) is 0.633. The minimum Gasteiger partial charge on any atom is -0.353 e. The largest absolute Gasteiger partial charge is 0.353 e. The normalized spacial score (nSPS) is 49.8. The first-order chi connectivity index (χ1) is 14.1. The summed E-state index contributed by atoms with van der Waals surface area (Å²) in [6.45, 7) is 0. The van der Waals surface area contributed by atoms with Gasteiger partial charge < -0.3 is 4.98 Å². The Labute approximate surface area is 174 Å². The average Bonchev–Trinajstić information content (AvgIpc) is 3.11. The summed E-state index contributed by atoms with van der Waals surface area (Å²) in [4.78, 5) is 14.0. The third-order valence-electron chi connectivity index (χ3n) is 9.70. The summed E-state index contributed by atoms with van der Waals surface area (Å²) in [5.41, 5.74) is 2.86. The Kier molecular flexibility index (Phi) is 3.63. The molecule has 8 aliphatic carbocycles. The summed E-state index contributed by atoms with van der Waals surface area (Å²) in [5, 5.41) is 0. The van der Waals surface area contributed by atoms with Crippen molar-refractivity contribution in [3.8, 4) is 0 Å². The molecule has 0 atom stereocenters. The first-order valence-electron chi connectivity index (χ1n) is 12.4. The number of H-pyrrole nitrogens is 1. The average molecular weight is 390 g/mol. The smallest absolute Gasteiger partial charge is 0.0617 e. The van der Waals surface area contributed by atoms with Crippen molar-refractivity contribution in [2.75, 3.05) is 0 Å². The Bertz CT molecular complexity index is 720. The summed E-state index contributed by atoms with van der Waals surface area (Å²) in [5.74, 6) is 5.78. The number of aromatic amines is 1. The Hall–Kier alpha value is -1.38. The zero-order chi connectivity index (χ0) is 19.1. The molecule has 1 aromatic heterocycles. The molecular weight excluding hydrogens is 354 g/mol. The molecule has 0 spiro atoms. The van der Waals surface area contributed by atoms with Crippen LogP contribution in [0.2, 0.25) is 0 Å². The van der Waals surface area contributed by atoms with Gasteiger partial charge in [0.2, 0.25) is 0 Å². The van der Waals surface area contributed by atoms with Gasteiger partial charge in [0.05, 0.1) is 22.5 Å². The van der Waals surface area contributed by atoms with E-state index >= 15 is 0 Å². The lowest BCUT2D eigenvalue weighted by atomic mass is 9.53. The first-order valence-corrected chi connectivity index (χ1v) is 12.4. The summed E-state index contributed by atoms with van der Waals surface area (Å²) in [6, 6.07) is 4.40. The predicted molar refractivity (Wildman–Crippen MR) is 118 cm³/mol. The van der Waals surface area contributed by atoms with Crippen molar-refractivity contribution in [2.24, 2.45) is 45.5 Å². The maximum atomic E-state index is 5.21. The number of hydrogen-bond acceptors (Lipinski definition) is 2. The SMILES string of the molecule is C(=NC12CC3CC(CC(C3)C1)C2)c1ccc(C=NC23CC4CC(CC(C4)C2)C3)[nH]1. The molecule has 9 rings (SSSR count). The van der Waals surface area contributed by atoms with Crippen molar-refractivity contribution in [1.82, 2.24) is 4.98 Å². The van der Waals surface area contributed by atoms with Gasteiger partial charge in [-0.1, -0.05) is 0 Å². The van der Waals surface area contributed by atoms with E-state index < -0.39 is 0 Å². The molecular formula is C26H35N3. The molecule has 29 heavy (non-hydrogen) atoms. The van der Waals surface area contributed by atoms with Gasteiger partial charge >= 0.3 is 0 Å². The van der Waals surface area contributed by atoms with E-state index in [4.69, 9.17) is 9.98 Å². The van der Waals surface area contributed by atoms with Crippen molar-refractivity contribution in [3.05, 3.63) is 23.5 Å². The fourth-order valence-electron chi connectivity index (χ4n) is 9.44. The van der Waals surface area contributed by atoms with E-state index in [1.807, 2.05) is 0 Å². The zero-order valence-corrected chi connectivity index (χ0v) is 17.7. The van der Waals surface area contributed by atoms with Gasteiger partial charge in [0.1, 0.15) is 0 Å². The van der Waals surface area contributed by atoms with Crippen molar-refractivity contribution in [1.29, 1.82) is 0 Å². The molecule has 0 amide bonds. The summed E-state index contributed by atoms with van der Waals surface area (Å²) in [7, 11) is 0. The number of rotatable bonds is 4. The van der Waals surface area contributed by atoms with Gasteiger partial charge in [-0.05, 0) is 125 Å². The molecule has 0 unspecified atom stereocenters. The molecule has 0 aliphatic heterocycles. The van der Waals surface area contributed by atoms with Crippen LogP contribution in [-0.4, -0.2) is 28.5 Å². The second kappa shape index (κ2) is 6.08. The highest BCUT2D eigenvalue weighted by atomic mass is 14.9. The Morgan fingerprint density at radius 2 is 0.897 bits per heavy atom. The topological polar surface area (TPSA) is 40.5 Å². The predicted octanol–water partition coefficient (Wildman–Crippen LogP) is 5.79. The van der Waals surface area contributed by atoms with E-state index in [1.165, 1.54) is 77.0 Å². The molecule has 8 aliphatic rings.